The molecule has 1 aromatic carbocycles. The summed E-state index contributed by atoms with van der Waals surface area (Å²) < 4.78 is 5.95. The molecule has 2 N–H and O–H groups in total. The fraction of sp³-hybridized carbons (Fsp3) is 0.600. The zero-order valence-electron chi connectivity index (χ0n) is 18.5. The van der Waals surface area contributed by atoms with Gasteiger partial charge in [0.2, 0.25) is 0 Å². The second-order valence-corrected chi connectivity index (χ2v) is 8.29. The Balaban J connectivity index is 2.57. The van der Waals surface area contributed by atoms with E-state index in [0.717, 1.165) is 42.8 Å². The monoisotopic (exact) mass is 385 g/mol. The lowest BCUT2D eigenvalue weighted by Gasteiger charge is -2.33. The van der Waals surface area contributed by atoms with Gasteiger partial charge in [-0.3, -0.25) is 0 Å². The maximum Gasteiger partial charge on any atom is 0.194 e. The first kappa shape index (κ1) is 22.5. The van der Waals surface area contributed by atoms with Gasteiger partial charge in [-0.1, -0.05) is 43.6 Å². The van der Waals surface area contributed by atoms with Crippen LogP contribution in [0.25, 0.3) is 0 Å². The Morgan fingerprint density at radius 2 is 2.07 bits per heavy atom. The van der Waals surface area contributed by atoms with Crippen LogP contribution in [0.15, 0.2) is 35.9 Å². The van der Waals surface area contributed by atoms with Crippen LogP contribution >= 0.6 is 0 Å². The third-order valence-corrected chi connectivity index (χ3v) is 5.65. The van der Waals surface area contributed by atoms with Gasteiger partial charge in [0.05, 0.1) is 0 Å². The third kappa shape index (κ3) is 5.88. The summed E-state index contributed by atoms with van der Waals surface area (Å²) in [7, 11) is 0. The van der Waals surface area contributed by atoms with Gasteiger partial charge in [0.25, 0.3) is 0 Å². The van der Waals surface area contributed by atoms with Crippen LogP contribution < -0.4 is 10.1 Å². The van der Waals surface area contributed by atoms with Gasteiger partial charge in [-0.25, -0.2) is 0 Å². The lowest BCUT2D eigenvalue weighted by molar-refractivity contribution is -0.00125. The molecule has 0 spiro atoms. The number of ether oxygens (including phenoxy) is 1. The molecule has 3 nitrogen and oxygen atoms in total. The number of aryl methyl sites for hydroxylation is 1. The number of rotatable bonds is 10. The molecular weight excluding hydrogens is 346 g/mol. The molecular formula is C25H39NO2. The van der Waals surface area contributed by atoms with E-state index in [2.05, 4.69) is 57.8 Å². The van der Waals surface area contributed by atoms with Crippen molar-refractivity contribution < 1.29 is 9.84 Å². The summed E-state index contributed by atoms with van der Waals surface area (Å²) in [5.74, 6) is 1.42. The maximum absolute atomic E-state index is 10.0. The Morgan fingerprint density at radius 3 is 2.68 bits per heavy atom. The second kappa shape index (κ2) is 10.7. The molecule has 2 rings (SSSR count). The minimum Gasteiger partial charge on any atom is -0.465 e. The minimum atomic E-state index is -0.837. The first-order valence-corrected chi connectivity index (χ1v) is 10.9. The smallest absolute Gasteiger partial charge is 0.194 e. The lowest BCUT2D eigenvalue weighted by atomic mass is 9.73. The molecule has 3 atom stereocenters. The van der Waals surface area contributed by atoms with Crippen molar-refractivity contribution in [3.8, 4) is 5.75 Å². The molecule has 0 aliphatic heterocycles. The Kier molecular flexibility index (Phi) is 8.62. The van der Waals surface area contributed by atoms with E-state index in [-0.39, 0.29) is 5.92 Å². The van der Waals surface area contributed by atoms with Crippen molar-refractivity contribution in [3.63, 3.8) is 0 Å². The molecule has 0 saturated heterocycles. The Bertz CT molecular complexity index is 690. The van der Waals surface area contributed by atoms with Crippen molar-refractivity contribution in [2.45, 2.75) is 85.4 Å². The predicted molar refractivity (Wildman–Crippen MR) is 120 cm³/mol. The quantitative estimate of drug-likeness (QED) is 0.271. The zero-order valence-corrected chi connectivity index (χ0v) is 18.5. The molecule has 0 aromatic heterocycles. The van der Waals surface area contributed by atoms with Gasteiger partial charge >= 0.3 is 0 Å². The van der Waals surface area contributed by atoms with Crippen LogP contribution in [0, 0.1) is 5.92 Å². The number of hydrogen-bond acceptors (Lipinski definition) is 3. The number of unbranched alkanes of at least 4 members (excludes halogenated alkanes) is 2. The fourth-order valence-corrected chi connectivity index (χ4v) is 4.28. The number of nitrogens with one attached hydrogen (secondary N) is 1. The standard InChI is InChI=1S/C25H39NO2/c1-7-9-10-11-20-15-23(26-8-2)25(24(16-20)28-19(6)27)22-14-18(5)12-13-21(22)17(3)4/h14-16,19,21-22,26-27H,3,7-13H2,1-2,4-6H3. The SMILES string of the molecule is C=C(C)C1CCC(C)=CC1c1c(NCC)cc(CCCCC)cc1OC(C)O. The van der Waals surface area contributed by atoms with Crippen LogP contribution in [0.2, 0.25) is 0 Å². The number of aliphatic hydroxyl groups excluding tert-OH is 1. The van der Waals surface area contributed by atoms with E-state index in [4.69, 9.17) is 4.74 Å². The highest BCUT2D eigenvalue weighted by atomic mass is 16.6. The first-order chi connectivity index (χ1) is 13.4. The lowest BCUT2D eigenvalue weighted by Crippen LogP contribution is -2.21. The van der Waals surface area contributed by atoms with Crippen LogP contribution in [0.5, 0.6) is 5.75 Å². The van der Waals surface area contributed by atoms with E-state index >= 15 is 0 Å². The van der Waals surface area contributed by atoms with E-state index in [9.17, 15) is 5.11 Å². The van der Waals surface area contributed by atoms with Crippen molar-refractivity contribution in [1.82, 2.24) is 0 Å². The van der Waals surface area contributed by atoms with Crippen LogP contribution in [-0.4, -0.2) is 17.9 Å². The highest BCUT2D eigenvalue weighted by Crippen LogP contribution is 2.46. The summed E-state index contributed by atoms with van der Waals surface area (Å²) in [4.78, 5) is 0. The topological polar surface area (TPSA) is 41.5 Å². The Morgan fingerprint density at radius 1 is 1.32 bits per heavy atom. The molecule has 28 heavy (non-hydrogen) atoms. The molecule has 1 aliphatic rings. The van der Waals surface area contributed by atoms with Crippen LogP contribution in [0.1, 0.15) is 83.8 Å². The number of aliphatic hydroxyl groups is 1. The molecule has 3 heteroatoms. The van der Waals surface area contributed by atoms with E-state index in [0.29, 0.717) is 5.92 Å². The maximum atomic E-state index is 10.0. The first-order valence-electron chi connectivity index (χ1n) is 10.9. The summed E-state index contributed by atoms with van der Waals surface area (Å²) in [6.45, 7) is 15.5. The average Bonchev–Trinajstić information content (AvgIpc) is 2.61. The number of allylic oxidation sites excluding steroid dienone is 3. The average molecular weight is 386 g/mol. The van der Waals surface area contributed by atoms with Crippen molar-refractivity contribution in [3.05, 3.63) is 47.1 Å². The molecule has 0 amide bonds. The van der Waals surface area contributed by atoms with Crippen LogP contribution in [0.4, 0.5) is 5.69 Å². The second-order valence-electron chi connectivity index (χ2n) is 8.29. The van der Waals surface area contributed by atoms with Gasteiger partial charge < -0.3 is 15.2 Å². The highest BCUT2D eigenvalue weighted by Gasteiger charge is 2.30. The third-order valence-electron chi connectivity index (χ3n) is 5.65. The number of hydrogen-bond donors (Lipinski definition) is 2. The summed E-state index contributed by atoms with van der Waals surface area (Å²) >= 11 is 0. The molecule has 0 heterocycles. The van der Waals surface area contributed by atoms with Crippen molar-refractivity contribution in [2.24, 2.45) is 5.92 Å². The summed E-state index contributed by atoms with van der Waals surface area (Å²) in [5, 5.41) is 13.6. The molecule has 3 unspecified atom stereocenters. The molecule has 0 bridgehead atoms. The van der Waals surface area contributed by atoms with E-state index < -0.39 is 6.29 Å². The van der Waals surface area contributed by atoms with E-state index in [1.807, 2.05) is 0 Å². The summed E-state index contributed by atoms with van der Waals surface area (Å²) in [5.41, 5.74) is 6.20. The summed E-state index contributed by atoms with van der Waals surface area (Å²) in [6, 6.07) is 4.43. The molecule has 156 valence electrons. The fourth-order valence-electron chi connectivity index (χ4n) is 4.28. The van der Waals surface area contributed by atoms with Crippen LogP contribution in [-0.2, 0) is 6.42 Å². The van der Waals surface area contributed by atoms with Gasteiger partial charge in [0.15, 0.2) is 6.29 Å². The van der Waals surface area contributed by atoms with Crippen molar-refractivity contribution in [1.29, 1.82) is 0 Å². The molecule has 1 aromatic rings. The van der Waals surface area contributed by atoms with E-state index in [1.54, 1.807) is 6.92 Å². The van der Waals surface area contributed by atoms with E-state index in [1.165, 1.54) is 36.0 Å². The van der Waals surface area contributed by atoms with Crippen molar-refractivity contribution >= 4 is 5.69 Å². The molecule has 0 radical (unpaired) electrons. The predicted octanol–water partition coefficient (Wildman–Crippen LogP) is 6.58. The van der Waals surface area contributed by atoms with Crippen LogP contribution in [0.3, 0.4) is 0 Å². The molecule has 1 aliphatic carbocycles. The van der Waals surface area contributed by atoms with Crippen molar-refractivity contribution in [2.75, 3.05) is 11.9 Å². The van der Waals surface area contributed by atoms with Gasteiger partial charge in [0, 0.05) is 23.7 Å². The summed E-state index contributed by atoms with van der Waals surface area (Å²) in [6.07, 6.45) is 8.42. The normalized spacial score (nSPS) is 20.4. The number of benzene rings is 1. The van der Waals surface area contributed by atoms with Gasteiger partial charge in [-0.15, -0.1) is 0 Å². The zero-order chi connectivity index (χ0) is 20.7. The number of anilines is 1. The minimum absolute atomic E-state index is 0.221. The Labute approximate surface area is 171 Å². The van der Waals surface area contributed by atoms with Gasteiger partial charge in [0.1, 0.15) is 5.75 Å². The molecule has 0 fully saturated rings. The highest BCUT2D eigenvalue weighted by molar-refractivity contribution is 5.63. The van der Waals surface area contributed by atoms with Gasteiger partial charge in [-0.05, 0) is 77.0 Å². The largest absolute Gasteiger partial charge is 0.465 e. The Hall–Kier alpha value is -1.74. The molecule has 0 saturated carbocycles. The van der Waals surface area contributed by atoms with Gasteiger partial charge in [-0.2, -0.15) is 0 Å².